The molecule has 1 aliphatic heterocycles. The van der Waals surface area contributed by atoms with Crippen molar-refractivity contribution in [2.45, 2.75) is 44.8 Å². The third-order valence-corrected chi connectivity index (χ3v) is 7.75. The number of hydrogen-bond acceptors (Lipinski definition) is 6. The number of carboxylic acid groups (broad SMARTS) is 1. The minimum absolute atomic E-state index is 0.339. The fraction of sp³-hybridized carbons (Fsp3) is 0.550. The van der Waals surface area contributed by atoms with Crippen LogP contribution in [0.2, 0.25) is 0 Å². The molecule has 0 spiro atoms. The summed E-state index contributed by atoms with van der Waals surface area (Å²) in [5, 5.41) is 35.9. The van der Waals surface area contributed by atoms with E-state index in [9.17, 15) is 20.1 Å². The second-order valence-electron chi connectivity index (χ2n) is 7.41. The molecule has 0 radical (unpaired) electrons. The van der Waals surface area contributed by atoms with Crippen LogP contribution in [0.15, 0.2) is 22.9 Å². The van der Waals surface area contributed by atoms with E-state index in [-0.39, 0.29) is 5.92 Å². The van der Waals surface area contributed by atoms with Crippen molar-refractivity contribution in [1.82, 2.24) is 4.90 Å². The lowest BCUT2D eigenvalue weighted by atomic mass is 9.87. The zero-order valence-corrected chi connectivity index (χ0v) is 17.4. The third-order valence-electron chi connectivity index (χ3n) is 5.47. The summed E-state index contributed by atoms with van der Waals surface area (Å²) in [4.78, 5) is 14.9. The smallest absolute Gasteiger partial charge is 0.307 e. The summed E-state index contributed by atoms with van der Waals surface area (Å²) in [6.07, 6.45) is 0.988. The molecule has 7 heteroatoms. The van der Waals surface area contributed by atoms with Gasteiger partial charge in [-0.15, -0.1) is 22.7 Å². The van der Waals surface area contributed by atoms with E-state index in [0.29, 0.717) is 25.9 Å². The molecule has 0 aliphatic carbocycles. The molecule has 5 nitrogen and oxygen atoms in total. The molecule has 0 unspecified atom stereocenters. The summed E-state index contributed by atoms with van der Waals surface area (Å²) in [5.41, 5.74) is 0.509. The van der Waals surface area contributed by atoms with Crippen molar-refractivity contribution in [2.75, 3.05) is 19.6 Å². The number of carbonyl (C=O) groups is 1. The molecule has 148 valence electrons. The average molecular weight is 410 g/mol. The van der Waals surface area contributed by atoms with E-state index in [0.717, 1.165) is 33.8 Å². The largest absolute Gasteiger partial charge is 0.481 e. The zero-order chi connectivity index (χ0) is 19.6. The van der Waals surface area contributed by atoms with Crippen molar-refractivity contribution in [2.24, 2.45) is 5.92 Å². The molecule has 2 aromatic heterocycles. The van der Waals surface area contributed by atoms with Crippen LogP contribution in [0.3, 0.4) is 0 Å². The lowest BCUT2D eigenvalue weighted by molar-refractivity contribution is -0.143. The van der Waals surface area contributed by atoms with Crippen molar-refractivity contribution >= 4 is 28.6 Å². The summed E-state index contributed by atoms with van der Waals surface area (Å²) in [5.74, 6) is -1.09. The van der Waals surface area contributed by atoms with E-state index in [1.807, 2.05) is 36.7 Å². The van der Waals surface area contributed by atoms with Crippen molar-refractivity contribution in [3.63, 3.8) is 0 Å². The van der Waals surface area contributed by atoms with Gasteiger partial charge in [-0.1, -0.05) is 0 Å². The number of likely N-dealkylation sites (tertiary alicyclic amines) is 1. The molecular formula is C20H27NO4S2. The molecule has 0 saturated carbocycles. The summed E-state index contributed by atoms with van der Waals surface area (Å²) < 4.78 is 0. The van der Waals surface area contributed by atoms with Gasteiger partial charge in [-0.2, -0.15) is 0 Å². The van der Waals surface area contributed by atoms with Crippen LogP contribution in [0.4, 0.5) is 0 Å². The Morgan fingerprint density at radius 1 is 1.26 bits per heavy atom. The Morgan fingerprint density at radius 3 is 2.33 bits per heavy atom. The monoisotopic (exact) mass is 409 g/mol. The normalized spacial score (nSPS) is 19.9. The number of aryl methyl sites for hydroxylation is 2. The molecule has 1 aliphatic rings. The highest BCUT2D eigenvalue weighted by Gasteiger charge is 2.43. The Kier molecular flexibility index (Phi) is 6.38. The molecule has 3 rings (SSSR count). The second kappa shape index (κ2) is 8.41. The van der Waals surface area contributed by atoms with Crippen LogP contribution in [0.25, 0.3) is 0 Å². The van der Waals surface area contributed by atoms with E-state index < -0.39 is 17.7 Å². The van der Waals surface area contributed by atoms with Crippen molar-refractivity contribution in [1.29, 1.82) is 0 Å². The van der Waals surface area contributed by atoms with Crippen LogP contribution in [0.5, 0.6) is 0 Å². The van der Waals surface area contributed by atoms with Crippen LogP contribution in [-0.4, -0.2) is 51.9 Å². The van der Waals surface area contributed by atoms with E-state index in [4.69, 9.17) is 0 Å². The standard InChI is InChI=1S/C20H27NO4S2/c1-13-6-10-26-17(13)20(25,18-14(2)7-11-27-18)16(22)5-9-21-8-3-4-15(12-21)19(23)24/h6-7,10-11,15-16,22,25H,3-5,8-9,12H2,1-2H3,(H,23,24)/t15-,16+/m0/s1. The maximum atomic E-state index is 11.7. The van der Waals surface area contributed by atoms with Gasteiger partial charge in [-0.05, 0) is 73.7 Å². The van der Waals surface area contributed by atoms with Gasteiger partial charge in [0.1, 0.15) is 0 Å². The van der Waals surface area contributed by atoms with Crippen LogP contribution in [0.1, 0.15) is 40.1 Å². The van der Waals surface area contributed by atoms with E-state index >= 15 is 0 Å². The number of aliphatic hydroxyl groups excluding tert-OH is 1. The molecule has 3 N–H and O–H groups in total. The van der Waals surface area contributed by atoms with Crippen molar-refractivity contribution < 1.29 is 20.1 Å². The van der Waals surface area contributed by atoms with Crippen molar-refractivity contribution in [3.8, 4) is 0 Å². The van der Waals surface area contributed by atoms with Gasteiger partial charge in [0.05, 0.1) is 12.0 Å². The molecule has 3 heterocycles. The van der Waals surface area contributed by atoms with Gasteiger partial charge in [0, 0.05) is 22.8 Å². The number of piperidine rings is 1. The fourth-order valence-electron chi connectivity index (χ4n) is 3.91. The van der Waals surface area contributed by atoms with E-state index in [1.165, 1.54) is 22.7 Å². The molecule has 1 saturated heterocycles. The van der Waals surface area contributed by atoms with E-state index in [1.54, 1.807) is 0 Å². The minimum atomic E-state index is -1.43. The van der Waals surface area contributed by atoms with Crippen LogP contribution < -0.4 is 0 Å². The van der Waals surface area contributed by atoms with Gasteiger partial charge < -0.3 is 20.2 Å². The summed E-state index contributed by atoms with van der Waals surface area (Å²) in [6.45, 7) is 5.83. The quantitative estimate of drug-likeness (QED) is 0.654. The number of nitrogens with zero attached hydrogens (tertiary/aromatic N) is 1. The predicted octanol–water partition coefficient (Wildman–Crippen LogP) is 3.21. The van der Waals surface area contributed by atoms with Gasteiger partial charge >= 0.3 is 5.97 Å². The minimum Gasteiger partial charge on any atom is -0.481 e. The zero-order valence-electron chi connectivity index (χ0n) is 15.7. The van der Waals surface area contributed by atoms with Crippen LogP contribution >= 0.6 is 22.7 Å². The third kappa shape index (κ3) is 4.12. The first-order chi connectivity index (χ1) is 12.8. The molecule has 0 bridgehead atoms. The molecular weight excluding hydrogens is 382 g/mol. The van der Waals surface area contributed by atoms with E-state index in [2.05, 4.69) is 4.90 Å². The average Bonchev–Trinajstić information content (AvgIpc) is 3.28. The van der Waals surface area contributed by atoms with Gasteiger partial charge in [-0.25, -0.2) is 0 Å². The van der Waals surface area contributed by atoms with Crippen LogP contribution in [0, 0.1) is 19.8 Å². The fourth-order valence-corrected chi connectivity index (χ4v) is 6.13. The molecule has 2 atom stereocenters. The number of aliphatic hydroxyl groups is 2. The Bertz CT molecular complexity index is 744. The highest BCUT2D eigenvalue weighted by molar-refractivity contribution is 7.12. The maximum Gasteiger partial charge on any atom is 0.307 e. The Hall–Kier alpha value is -1.25. The second-order valence-corrected chi connectivity index (χ2v) is 9.25. The molecule has 0 aromatic carbocycles. The summed E-state index contributed by atoms with van der Waals surface area (Å²) >= 11 is 2.93. The predicted molar refractivity (Wildman–Crippen MR) is 109 cm³/mol. The maximum absolute atomic E-state index is 11.7. The highest BCUT2D eigenvalue weighted by atomic mass is 32.1. The first-order valence-electron chi connectivity index (χ1n) is 9.28. The molecule has 2 aromatic rings. The summed E-state index contributed by atoms with van der Waals surface area (Å²) in [6, 6.07) is 3.92. The topological polar surface area (TPSA) is 81.0 Å². The SMILES string of the molecule is Cc1ccsc1C(O)(c1sccc1C)[C@H](O)CCN1CCC[C@H](C(=O)O)C1. The Balaban J connectivity index is 1.78. The number of aliphatic carboxylic acids is 1. The Morgan fingerprint density at radius 2 is 1.85 bits per heavy atom. The Labute approximate surface area is 167 Å². The van der Waals surface area contributed by atoms with Gasteiger partial charge in [0.25, 0.3) is 0 Å². The van der Waals surface area contributed by atoms with Gasteiger partial charge in [-0.3, -0.25) is 4.79 Å². The van der Waals surface area contributed by atoms with Crippen molar-refractivity contribution in [3.05, 3.63) is 43.8 Å². The molecule has 0 amide bonds. The summed E-state index contributed by atoms with van der Waals surface area (Å²) in [7, 11) is 0. The van der Waals surface area contributed by atoms with Crippen LogP contribution in [-0.2, 0) is 10.4 Å². The number of hydrogen-bond donors (Lipinski definition) is 3. The van der Waals surface area contributed by atoms with Gasteiger partial charge in [0.15, 0.2) is 5.60 Å². The lowest BCUT2D eigenvalue weighted by Crippen LogP contribution is -2.44. The number of rotatable bonds is 7. The molecule has 27 heavy (non-hydrogen) atoms. The number of carboxylic acids is 1. The first kappa shape index (κ1) is 20.5. The first-order valence-corrected chi connectivity index (χ1v) is 11.0. The highest BCUT2D eigenvalue weighted by Crippen LogP contribution is 2.43. The molecule has 1 fully saturated rings. The number of thiophene rings is 2. The lowest BCUT2D eigenvalue weighted by Gasteiger charge is -2.36. The van der Waals surface area contributed by atoms with Gasteiger partial charge in [0.2, 0.25) is 0 Å².